The van der Waals surface area contributed by atoms with Crippen LogP contribution >= 0.6 is 0 Å². The van der Waals surface area contributed by atoms with Crippen LogP contribution in [-0.4, -0.2) is 45.0 Å². The van der Waals surface area contributed by atoms with Crippen LogP contribution < -0.4 is 10.0 Å². The van der Waals surface area contributed by atoms with E-state index >= 15 is 0 Å². The van der Waals surface area contributed by atoms with Crippen molar-refractivity contribution in [2.45, 2.75) is 123 Å². The average molecular weight is 507 g/mol. The van der Waals surface area contributed by atoms with E-state index in [-0.39, 0.29) is 11.6 Å². The minimum Gasteiger partial charge on any atom is -0.365 e. The molecule has 2 aliphatic heterocycles. The number of ether oxygens (including phenoxy) is 1. The van der Waals surface area contributed by atoms with E-state index in [0.29, 0.717) is 41.2 Å². The summed E-state index contributed by atoms with van der Waals surface area (Å²) in [6, 6.07) is 0.605. The Hall–Kier alpha value is -0.430. The van der Waals surface area contributed by atoms with E-state index in [4.69, 9.17) is 4.74 Å². The van der Waals surface area contributed by atoms with Crippen molar-refractivity contribution in [2.24, 2.45) is 35.0 Å². The number of fused-ring (bicyclic) bond motifs is 2. The third kappa shape index (κ3) is 4.57. The molecular weight excluding hydrogens is 456 g/mol. The number of allylic oxidation sites excluding steroid dienone is 1. The second-order valence-electron chi connectivity index (χ2n) is 13.5. The topological polar surface area (TPSA) is 67.4 Å². The number of rotatable bonds is 5. The van der Waals surface area contributed by atoms with Gasteiger partial charge in [-0.15, -0.1) is 0 Å². The molecule has 6 heteroatoms. The standard InChI is InChI=1S/C29H50N2O3S/c1-7-8-22-15-24(31-35(6,32)33)10-11-28(22,5)23-14-21-9-12-29(19(3)25(21)16-23)20(4)27-26(34-29)13-18(2)17-30-27/h18,20-24,26-27,30-31H,7-17H2,1-6H3/t18-,20+,21-,22+,23+,24+,26+,27-,28-,29-/m0/s1. The first-order valence-electron chi connectivity index (χ1n) is 14.6. The third-order valence-corrected chi connectivity index (χ3v) is 12.1. The van der Waals surface area contributed by atoms with Crippen LogP contribution in [0.5, 0.6) is 0 Å². The van der Waals surface area contributed by atoms with E-state index in [1.165, 1.54) is 51.2 Å². The van der Waals surface area contributed by atoms with Crippen LogP contribution in [0.2, 0.25) is 0 Å². The Bertz CT molecular complexity index is 948. The predicted octanol–water partition coefficient (Wildman–Crippen LogP) is 5.42. The fourth-order valence-electron chi connectivity index (χ4n) is 9.37. The molecule has 5 nitrogen and oxygen atoms in total. The van der Waals surface area contributed by atoms with E-state index in [9.17, 15) is 8.42 Å². The van der Waals surface area contributed by atoms with Crippen molar-refractivity contribution in [3.63, 3.8) is 0 Å². The van der Waals surface area contributed by atoms with Crippen molar-refractivity contribution in [3.8, 4) is 0 Å². The molecule has 35 heavy (non-hydrogen) atoms. The molecule has 0 aromatic carbocycles. The van der Waals surface area contributed by atoms with Gasteiger partial charge < -0.3 is 10.1 Å². The van der Waals surface area contributed by atoms with Gasteiger partial charge in [-0.1, -0.05) is 46.1 Å². The Morgan fingerprint density at radius 1 is 1.14 bits per heavy atom. The highest BCUT2D eigenvalue weighted by atomic mass is 32.2. The third-order valence-electron chi connectivity index (χ3n) is 11.4. The van der Waals surface area contributed by atoms with E-state index in [0.717, 1.165) is 31.7 Å². The van der Waals surface area contributed by atoms with Crippen LogP contribution in [0.4, 0.5) is 0 Å². The molecule has 2 saturated carbocycles. The first-order chi connectivity index (χ1) is 16.5. The van der Waals surface area contributed by atoms with Crippen molar-refractivity contribution in [1.29, 1.82) is 0 Å². The minimum atomic E-state index is -3.15. The summed E-state index contributed by atoms with van der Waals surface area (Å²) in [4.78, 5) is 0. The maximum absolute atomic E-state index is 11.9. The van der Waals surface area contributed by atoms with Gasteiger partial charge in [0.25, 0.3) is 0 Å². The highest BCUT2D eigenvalue weighted by Gasteiger charge is 2.58. The minimum absolute atomic E-state index is 0.0616. The van der Waals surface area contributed by atoms with Gasteiger partial charge in [0.05, 0.1) is 18.0 Å². The zero-order chi connectivity index (χ0) is 25.2. The summed E-state index contributed by atoms with van der Waals surface area (Å²) in [6.45, 7) is 13.2. The van der Waals surface area contributed by atoms with Gasteiger partial charge in [0.2, 0.25) is 10.0 Å². The molecular formula is C29H50N2O3S. The van der Waals surface area contributed by atoms with Gasteiger partial charge in [0.1, 0.15) is 0 Å². The number of sulfonamides is 1. The lowest BCUT2D eigenvalue weighted by Crippen LogP contribution is -2.49. The van der Waals surface area contributed by atoms with Gasteiger partial charge in [0, 0.05) is 18.0 Å². The number of nitrogens with one attached hydrogen (secondary N) is 2. The Balaban J connectivity index is 1.37. The largest absolute Gasteiger partial charge is 0.365 e. The molecule has 0 aromatic rings. The molecule has 1 spiro atoms. The first kappa shape index (κ1) is 26.2. The zero-order valence-corrected chi connectivity index (χ0v) is 23.8. The Labute approximate surface area is 214 Å². The zero-order valence-electron chi connectivity index (χ0n) is 23.0. The summed E-state index contributed by atoms with van der Waals surface area (Å²) >= 11 is 0. The molecule has 0 radical (unpaired) electrons. The van der Waals surface area contributed by atoms with Crippen LogP contribution in [0.25, 0.3) is 0 Å². The number of piperidine rings is 1. The Morgan fingerprint density at radius 2 is 1.91 bits per heavy atom. The highest BCUT2D eigenvalue weighted by Crippen LogP contribution is 2.61. The van der Waals surface area contributed by atoms with Crippen molar-refractivity contribution in [1.82, 2.24) is 10.0 Å². The SMILES string of the molecule is CCC[C@@H]1C[C@H](NS(C)(=O)=O)CC[C@]1(C)[C@H]1CC2=C(C)[C@]3(CC[C@H]2C1)O[C@@H]1C[C@H](C)CN[C@H]1[C@H]3C. The lowest BCUT2D eigenvalue weighted by atomic mass is 9.58. The van der Waals surface area contributed by atoms with Gasteiger partial charge >= 0.3 is 0 Å². The molecule has 0 bridgehead atoms. The van der Waals surface area contributed by atoms with E-state index in [2.05, 4.69) is 44.7 Å². The maximum Gasteiger partial charge on any atom is 0.208 e. The highest BCUT2D eigenvalue weighted by molar-refractivity contribution is 7.88. The Morgan fingerprint density at radius 3 is 2.63 bits per heavy atom. The van der Waals surface area contributed by atoms with Crippen LogP contribution in [0.3, 0.4) is 0 Å². The normalized spacial score (nSPS) is 48.3. The van der Waals surface area contributed by atoms with E-state index in [1.54, 1.807) is 11.1 Å². The average Bonchev–Trinajstić information content (AvgIpc) is 3.33. The molecule has 2 saturated heterocycles. The molecule has 200 valence electrons. The van der Waals surface area contributed by atoms with Crippen LogP contribution in [0.1, 0.15) is 98.8 Å². The molecule has 2 heterocycles. The van der Waals surface area contributed by atoms with E-state index in [1.807, 2.05) is 0 Å². The second kappa shape index (κ2) is 9.39. The van der Waals surface area contributed by atoms with Crippen LogP contribution in [0.15, 0.2) is 11.1 Å². The molecule has 5 rings (SSSR count). The number of hydrogen-bond acceptors (Lipinski definition) is 4. The summed E-state index contributed by atoms with van der Waals surface area (Å²) in [5, 5.41) is 3.84. The summed E-state index contributed by atoms with van der Waals surface area (Å²) in [6.07, 6.45) is 13.3. The first-order valence-corrected chi connectivity index (χ1v) is 16.4. The Kier molecular flexibility index (Phi) is 7.03. The van der Waals surface area contributed by atoms with Crippen molar-refractivity contribution >= 4 is 10.0 Å². The molecule has 2 N–H and O–H groups in total. The molecule has 3 aliphatic carbocycles. The van der Waals surface area contributed by atoms with Crippen molar-refractivity contribution in [2.75, 3.05) is 12.8 Å². The predicted molar refractivity (Wildman–Crippen MR) is 143 cm³/mol. The molecule has 4 fully saturated rings. The molecule has 0 unspecified atom stereocenters. The summed E-state index contributed by atoms with van der Waals surface area (Å²) < 4.78 is 33.8. The van der Waals surface area contributed by atoms with Gasteiger partial charge in [-0.25, -0.2) is 13.1 Å². The smallest absolute Gasteiger partial charge is 0.208 e. The summed E-state index contributed by atoms with van der Waals surface area (Å²) in [5.41, 5.74) is 3.55. The van der Waals surface area contributed by atoms with Gasteiger partial charge in [-0.3, -0.25) is 0 Å². The van der Waals surface area contributed by atoms with Gasteiger partial charge in [-0.2, -0.15) is 0 Å². The molecule has 0 aromatic heterocycles. The molecule has 5 aliphatic rings. The molecule has 10 atom stereocenters. The lowest BCUT2D eigenvalue weighted by molar-refractivity contribution is -0.0535. The number of hydrogen-bond donors (Lipinski definition) is 2. The van der Waals surface area contributed by atoms with Crippen LogP contribution in [-0.2, 0) is 14.8 Å². The summed E-state index contributed by atoms with van der Waals surface area (Å²) in [5.74, 6) is 3.26. The lowest BCUT2D eigenvalue weighted by Gasteiger charge is -2.48. The summed E-state index contributed by atoms with van der Waals surface area (Å²) in [7, 11) is -3.15. The second-order valence-corrected chi connectivity index (χ2v) is 15.3. The van der Waals surface area contributed by atoms with Crippen molar-refractivity contribution in [3.05, 3.63) is 11.1 Å². The van der Waals surface area contributed by atoms with Crippen molar-refractivity contribution < 1.29 is 13.2 Å². The maximum atomic E-state index is 11.9. The van der Waals surface area contributed by atoms with Gasteiger partial charge in [0.15, 0.2) is 0 Å². The van der Waals surface area contributed by atoms with E-state index < -0.39 is 10.0 Å². The monoisotopic (exact) mass is 506 g/mol. The fraction of sp³-hybridized carbons (Fsp3) is 0.931. The fourth-order valence-corrected chi connectivity index (χ4v) is 10.2. The van der Waals surface area contributed by atoms with Crippen LogP contribution in [0, 0.1) is 35.0 Å². The molecule has 0 amide bonds. The van der Waals surface area contributed by atoms with Gasteiger partial charge in [-0.05, 0) is 99.5 Å². The quantitative estimate of drug-likeness (QED) is 0.489.